The van der Waals surface area contributed by atoms with Gasteiger partial charge >= 0.3 is 0 Å². The smallest absolute Gasteiger partial charge is 0.160 e. The first-order chi connectivity index (χ1) is 7.27. The maximum atomic E-state index is 9.90. The lowest BCUT2D eigenvalue weighted by Gasteiger charge is -2.17. The maximum Gasteiger partial charge on any atom is 0.160 e. The molecule has 1 saturated carbocycles. The molecule has 4 heteroatoms. The Hall–Kier alpha value is -1.03. The highest BCUT2D eigenvalue weighted by Gasteiger charge is 2.31. The van der Waals surface area contributed by atoms with Crippen molar-refractivity contribution in [2.75, 3.05) is 7.11 Å². The normalized spacial score (nSPS) is 25.8. The van der Waals surface area contributed by atoms with Crippen LogP contribution >= 0.6 is 0 Å². The average molecular weight is 210 g/mol. The van der Waals surface area contributed by atoms with Crippen molar-refractivity contribution in [2.45, 2.75) is 44.8 Å². The van der Waals surface area contributed by atoms with Crippen molar-refractivity contribution in [1.29, 1.82) is 0 Å². The van der Waals surface area contributed by atoms with Crippen molar-refractivity contribution in [3.63, 3.8) is 0 Å². The SMILES string of the molecule is CCn1ncc(OC)c1C1CCCC1O. The zero-order valence-electron chi connectivity index (χ0n) is 9.31. The van der Waals surface area contributed by atoms with E-state index in [2.05, 4.69) is 12.0 Å². The highest BCUT2D eigenvalue weighted by atomic mass is 16.5. The van der Waals surface area contributed by atoms with Crippen molar-refractivity contribution < 1.29 is 9.84 Å². The van der Waals surface area contributed by atoms with Gasteiger partial charge in [-0.05, 0) is 19.8 Å². The van der Waals surface area contributed by atoms with Crippen LogP contribution in [0, 0.1) is 0 Å². The fourth-order valence-corrected chi connectivity index (χ4v) is 2.42. The molecule has 1 aromatic rings. The van der Waals surface area contributed by atoms with E-state index in [-0.39, 0.29) is 12.0 Å². The monoisotopic (exact) mass is 210 g/mol. The molecule has 0 amide bonds. The number of aryl methyl sites for hydroxylation is 1. The fourth-order valence-electron chi connectivity index (χ4n) is 2.42. The zero-order valence-corrected chi connectivity index (χ0v) is 9.31. The van der Waals surface area contributed by atoms with Gasteiger partial charge in [0, 0.05) is 12.5 Å². The van der Waals surface area contributed by atoms with E-state index < -0.39 is 0 Å². The topological polar surface area (TPSA) is 47.3 Å². The Morgan fingerprint density at radius 3 is 2.93 bits per heavy atom. The summed E-state index contributed by atoms with van der Waals surface area (Å²) in [7, 11) is 1.65. The van der Waals surface area contributed by atoms with Crippen LogP contribution < -0.4 is 4.74 Å². The van der Waals surface area contributed by atoms with Gasteiger partial charge in [-0.25, -0.2) is 0 Å². The molecule has 0 aliphatic heterocycles. The van der Waals surface area contributed by atoms with E-state index in [0.29, 0.717) is 0 Å². The van der Waals surface area contributed by atoms with Crippen LogP contribution in [0.5, 0.6) is 5.75 Å². The molecule has 0 saturated heterocycles. The summed E-state index contributed by atoms with van der Waals surface area (Å²) in [6, 6.07) is 0. The molecule has 4 nitrogen and oxygen atoms in total. The molecule has 15 heavy (non-hydrogen) atoms. The molecule has 0 aromatic carbocycles. The second-order valence-corrected chi connectivity index (χ2v) is 4.02. The van der Waals surface area contributed by atoms with Crippen LogP contribution in [-0.2, 0) is 6.54 Å². The van der Waals surface area contributed by atoms with E-state index in [0.717, 1.165) is 37.3 Å². The molecule has 1 fully saturated rings. The predicted molar refractivity (Wildman–Crippen MR) is 57.1 cm³/mol. The molecule has 1 aliphatic rings. The molecule has 0 spiro atoms. The Balaban J connectivity index is 2.35. The van der Waals surface area contributed by atoms with Crippen molar-refractivity contribution >= 4 is 0 Å². The summed E-state index contributed by atoms with van der Waals surface area (Å²) in [5.41, 5.74) is 1.06. The van der Waals surface area contributed by atoms with Gasteiger partial charge in [-0.15, -0.1) is 0 Å². The van der Waals surface area contributed by atoms with Gasteiger partial charge in [0.25, 0.3) is 0 Å². The van der Waals surface area contributed by atoms with Gasteiger partial charge in [-0.3, -0.25) is 4.68 Å². The summed E-state index contributed by atoms with van der Waals surface area (Å²) in [5, 5.41) is 14.2. The number of aromatic nitrogens is 2. The van der Waals surface area contributed by atoms with Crippen LogP contribution in [0.3, 0.4) is 0 Å². The average Bonchev–Trinajstić information content (AvgIpc) is 2.82. The molecular formula is C11H18N2O2. The van der Waals surface area contributed by atoms with Gasteiger partial charge in [0.1, 0.15) is 0 Å². The number of aliphatic hydroxyl groups excluding tert-OH is 1. The second kappa shape index (κ2) is 4.23. The quantitative estimate of drug-likeness (QED) is 0.823. The third-order valence-electron chi connectivity index (χ3n) is 3.20. The summed E-state index contributed by atoms with van der Waals surface area (Å²) >= 11 is 0. The van der Waals surface area contributed by atoms with Crippen LogP contribution in [0.25, 0.3) is 0 Å². The number of hydrogen-bond acceptors (Lipinski definition) is 3. The van der Waals surface area contributed by atoms with Crippen molar-refractivity contribution in [3.8, 4) is 5.75 Å². The van der Waals surface area contributed by atoms with E-state index in [4.69, 9.17) is 4.74 Å². The number of methoxy groups -OCH3 is 1. The summed E-state index contributed by atoms with van der Waals surface area (Å²) < 4.78 is 7.22. The lowest BCUT2D eigenvalue weighted by atomic mass is 10.0. The molecule has 0 radical (unpaired) electrons. The van der Waals surface area contributed by atoms with E-state index >= 15 is 0 Å². The number of ether oxygens (including phenoxy) is 1. The van der Waals surface area contributed by atoms with Gasteiger partial charge in [0.2, 0.25) is 0 Å². The Morgan fingerprint density at radius 2 is 2.40 bits per heavy atom. The number of hydrogen-bond donors (Lipinski definition) is 1. The molecule has 2 unspecified atom stereocenters. The molecule has 2 rings (SSSR count). The molecule has 2 atom stereocenters. The zero-order chi connectivity index (χ0) is 10.8. The van der Waals surface area contributed by atoms with Gasteiger partial charge in [0.15, 0.2) is 5.75 Å². The molecule has 1 heterocycles. The summed E-state index contributed by atoms with van der Waals surface area (Å²) in [6.45, 7) is 2.87. The fraction of sp³-hybridized carbons (Fsp3) is 0.727. The van der Waals surface area contributed by atoms with Gasteiger partial charge in [-0.1, -0.05) is 6.42 Å². The summed E-state index contributed by atoms with van der Waals surface area (Å²) in [4.78, 5) is 0. The molecule has 1 aromatic heterocycles. The first kappa shape index (κ1) is 10.5. The van der Waals surface area contributed by atoms with Gasteiger partial charge in [-0.2, -0.15) is 5.10 Å². The molecule has 84 valence electrons. The minimum atomic E-state index is -0.235. The molecule has 1 N–H and O–H groups in total. The van der Waals surface area contributed by atoms with Crippen LogP contribution in [0.1, 0.15) is 37.8 Å². The van der Waals surface area contributed by atoms with E-state index in [1.807, 2.05) is 4.68 Å². The van der Waals surface area contributed by atoms with Crippen LogP contribution in [-0.4, -0.2) is 28.1 Å². The highest BCUT2D eigenvalue weighted by Crippen LogP contribution is 2.38. The summed E-state index contributed by atoms with van der Waals surface area (Å²) in [6.07, 6.45) is 4.51. The Morgan fingerprint density at radius 1 is 1.60 bits per heavy atom. The molecule has 0 bridgehead atoms. The lowest BCUT2D eigenvalue weighted by molar-refractivity contribution is 0.158. The highest BCUT2D eigenvalue weighted by molar-refractivity contribution is 5.30. The van der Waals surface area contributed by atoms with Gasteiger partial charge in [0.05, 0.1) is 25.1 Å². The van der Waals surface area contributed by atoms with E-state index in [1.54, 1.807) is 13.3 Å². The lowest BCUT2D eigenvalue weighted by Crippen LogP contribution is -2.16. The van der Waals surface area contributed by atoms with Crippen molar-refractivity contribution in [2.24, 2.45) is 0 Å². The number of aliphatic hydroxyl groups is 1. The first-order valence-electron chi connectivity index (χ1n) is 5.55. The third kappa shape index (κ3) is 1.74. The summed E-state index contributed by atoms with van der Waals surface area (Å²) in [5.74, 6) is 1.00. The predicted octanol–water partition coefficient (Wildman–Crippen LogP) is 1.54. The first-order valence-corrected chi connectivity index (χ1v) is 5.55. The minimum Gasteiger partial charge on any atom is -0.493 e. The number of nitrogens with zero attached hydrogens (tertiary/aromatic N) is 2. The maximum absolute atomic E-state index is 9.90. The minimum absolute atomic E-state index is 0.197. The Kier molecular flexibility index (Phi) is 2.95. The largest absolute Gasteiger partial charge is 0.493 e. The van der Waals surface area contributed by atoms with E-state index in [9.17, 15) is 5.11 Å². The number of rotatable bonds is 3. The Bertz CT molecular complexity index is 314. The molecule has 1 aliphatic carbocycles. The molecular weight excluding hydrogens is 192 g/mol. The van der Waals surface area contributed by atoms with Crippen LogP contribution in [0.4, 0.5) is 0 Å². The Labute approximate surface area is 89.9 Å². The third-order valence-corrected chi connectivity index (χ3v) is 3.20. The van der Waals surface area contributed by atoms with Crippen LogP contribution in [0.2, 0.25) is 0 Å². The van der Waals surface area contributed by atoms with Crippen LogP contribution in [0.15, 0.2) is 6.20 Å². The second-order valence-electron chi connectivity index (χ2n) is 4.02. The van der Waals surface area contributed by atoms with Gasteiger partial charge < -0.3 is 9.84 Å². The van der Waals surface area contributed by atoms with E-state index in [1.165, 1.54) is 0 Å². The van der Waals surface area contributed by atoms with Crippen molar-refractivity contribution in [1.82, 2.24) is 9.78 Å². The van der Waals surface area contributed by atoms with Crippen molar-refractivity contribution in [3.05, 3.63) is 11.9 Å². The standard InChI is InChI=1S/C11H18N2O2/c1-3-13-11(10(15-2)7-12-13)8-5-4-6-9(8)14/h7-9,14H,3-6H2,1-2H3.